The van der Waals surface area contributed by atoms with E-state index in [4.69, 9.17) is 16.7 Å². The zero-order valence-electron chi connectivity index (χ0n) is 10.6. The summed E-state index contributed by atoms with van der Waals surface area (Å²) >= 11 is 9.24. The number of amides is 2. The van der Waals surface area contributed by atoms with E-state index in [1.807, 2.05) is 6.07 Å². The standard InChI is InChI=1S/C14H10BrClN2O3/c15-9-2-1-3-10(7-9)17-14(21)18-12-5-4-8(13(19)20)6-11(12)16/h1-7H,(H,19,20)(H2,17,18,21). The average Bonchev–Trinajstić information content (AvgIpc) is 2.40. The molecule has 0 aliphatic rings. The Morgan fingerprint density at radius 2 is 1.86 bits per heavy atom. The van der Waals surface area contributed by atoms with Crippen molar-refractivity contribution >= 4 is 50.9 Å². The second-order valence-electron chi connectivity index (χ2n) is 4.09. The predicted octanol–water partition coefficient (Wildman–Crippen LogP) is 4.44. The lowest BCUT2D eigenvalue weighted by atomic mass is 10.2. The summed E-state index contributed by atoms with van der Waals surface area (Å²) < 4.78 is 0.837. The second kappa shape index (κ2) is 6.60. The number of rotatable bonds is 3. The Balaban J connectivity index is 2.08. The molecule has 3 N–H and O–H groups in total. The molecule has 5 nitrogen and oxygen atoms in total. The number of carbonyl (C=O) groups excluding carboxylic acids is 1. The third kappa shape index (κ3) is 4.21. The van der Waals surface area contributed by atoms with Gasteiger partial charge in [-0.3, -0.25) is 0 Å². The van der Waals surface area contributed by atoms with Crippen molar-refractivity contribution in [1.29, 1.82) is 0 Å². The molecule has 0 bridgehead atoms. The molecule has 0 radical (unpaired) electrons. The molecule has 108 valence electrons. The topological polar surface area (TPSA) is 78.4 Å². The third-order valence-electron chi connectivity index (χ3n) is 2.55. The first-order valence-corrected chi connectivity index (χ1v) is 6.99. The third-order valence-corrected chi connectivity index (χ3v) is 3.35. The van der Waals surface area contributed by atoms with Crippen LogP contribution in [-0.4, -0.2) is 17.1 Å². The molecule has 2 amide bonds. The maximum atomic E-state index is 11.9. The number of carboxylic acids is 1. The lowest BCUT2D eigenvalue weighted by Gasteiger charge is -2.09. The van der Waals surface area contributed by atoms with Gasteiger partial charge >= 0.3 is 12.0 Å². The maximum Gasteiger partial charge on any atom is 0.335 e. The van der Waals surface area contributed by atoms with Crippen LogP contribution >= 0.6 is 27.5 Å². The van der Waals surface area contributed by atoms with Gasteiger partial charge in [0.15, 0.2) is 0 Å². The molecule has 0 spiro atoms. The van der Waals surface area contributed by atoms with Crippen molar-refractivity contribution in [2.75, 3.05) is 10.6 Å². The van der Waals surface area contributed by atoms with Gasteiger partial charge in [0, 0.05) is 10.2 Å². The number of aromatic carboxylic acids is 1. The van der Waals surface area contributed by atoms with Gasteiger partial charge in [-0.1, -0.05) is 33.6 Å². The molecular weight excluding hydrogens is 360 g/mol. The monoisotopic (exact) mass is 368 g/mol. The van der Waals surface area contributed by atoms with E-state index in [1.54, 1.807) is 18.2 Å². The van der Waals surface area contributed by atoms with Crippen LogP contribution in [0.2, 0.25) is 5.02 Å². The maximum absolute atomic E-state index is 11.9. The van der Waals surface area contributed by atoms with Crippen LogP contribution < -0.4 is 10.6 Å². The molecule has 0 aliphatic carbocycles. The van der Waals surface area contributed by atoms with E-state index in [2.05, 4.69) is 26.6 Å². The molecule has 0 unspecified atom stereocenters. The van der Waals surface area contributed by atoms with Crippen LogP contribution in [0.5, 0.6) is 0 Å². The molecule has 0 heterocycles. The number of urea groups is 1. The zero-order chi connectivity index (χ0) is 15.4. The summed E-state index contributed by atoms with van der Waals surface area (Å²) in [5, 5.41) is 14.2. The Hall–Kier alpha value is -2.05. The van der Waals surface area contributed by atoms with Crippen molar-refractivity contribution in [3.8, 4) is 0 Å². The Labute approximate surface area is 134 Å². The van der Waals surface area contributed by atoms with Crippen molar-refractivity contribution in [3.05, 3.63) is 57.5 Å². The smallest absolute Gasteiger partial charge is 0.335 e. The van der Waals surface area contributed by atoms with Crippen LogP contribution in [0.1, 0.15) is 10.4 Å². The quantitative estimate of drug-likeness (QED) is 0.748. The molecular formula is C14H10BrClN2O3. The number of carboxylic acid groups (broad SMARTS) is 1. The number of anilines is 2. The lowest BCUT2D eigenvalue weighted by Crippen LogP contribution is -2.19. The number of hydrogen-bond donors (Lipinski definition) is 3. The molecule has 21 heavy (non-hydrogen) atoms. The largest absolute Gasteiger partial charge is 0.478 e. The number of nitrogens with one attached hydrogen (secondary N) is 2. The van der Waals surface area contributed by atoms with Crippen LogP contribution in [0, 0.1) is 0 Å². The highest BCUT2D eigenvalue weighted by Crippen LogP contribution is 2.23. The lowest BCUT2D eigenvalue weighted by molar-refractivity contribution is 0.0697. The van der Waals surface area contributed by atoms with Gasteiger partial charge in [0.05, 0.1) is 16.3 Å². The first kappa shape index (κ1) is 15.3. The molecule has 0 aromatic heterocycles. The predicted molar refractivity (Wildman–Crippen MR) is 85.2 cm³/mol. The van der Waals surface area contributed by atoms with Gasteiger partial charge in [0.2, 0.25) is 0 Å². The summed E-state index contributed by atoms with van der Waals surface area (Å²) in [6.07, 6.45) is 0. The minimum absolute atomic E-state index is 0.0537. The molecule has 7 heteroatoms. The highest BCUT2D eigenvalue weighted by atomic mass is 79.9. The summed E-state index contributed by atoms with van der Waals surface area (Å²) in [6.45, 7) is 0. The summed E-state index contributed by atoms with van der Waals surface area (Å²) in [5.74, 6) is -1.08. The molecule has 0 aliphatic heterocycles. The van der Waals surface area contributed by atoms with Crippen LogP contribution in [0.25, 0.3) is 0 Å². The molecule has 2 aromatic carbocycles. The number of halogens is 2. The fourth-order valence-corrected chi connectivity index (χ4v) is 2.23. The fraction of sp³-hybridized carbons (Fsp3) is 0. The van der Waals surface area contributed by atoms with Crippen molar-refractivity contribution < 1.29 is 14.7 Å². The van der Waals surface area contributed by atoms with Crippen molar-refractivity contribution in [2.24, 2.45) is 0 Å². The Kier molecular flexibility index (Phi) is 4.82. The van der Waals surface area contributed by atoms with Gasteiger partial charge in [-0.25, -0.2) is 9.59 Å². The second-order valence-corrected chi connectivity index (χ2v) is 5.41. The number of carbonyl (C=O) groups is 2. The molecule has 2 rings (SSSR count). The summed E-state index contributed by atoms with van der Waals surface area (Å²) in [4.78, 5) is 22.6. The normalized spacial score (nSPS) is 10.0. The molecule has 2 aromatic rings. The Morgan fingerprint density at radius 3 is 2.48 bits per heavy atom. The van der Waals surface area contributed by atoms with Crippen LogP contribution in [-0.2, 0) is 0 Å². The van der Waals surface area contributed by atoms with Crippen LogP contribution in [0.4, 0.5) is 16.2 Å². The van der Waals surface area contributed by atoms with Gasteiger partial charge in [0.25, 0.3) is 0 Å². The number of hydrogen-bond acceptors (Lipinski definition) is 2. The van der Waals surface area contributed by atoms with Crippen molar-refractivity contribution in [1.82, 2.24) is 0 Å². The van der Waals surface area contributed by atoms with E-state index in [9.17, 15) is 9.59 Å². The molecule has 0 atom stereocenters. The molecule has 0 fully saturated rings. The summed E-state index contributed by atoms with van der Waals surface area (Å²) in [6, 6.07) is 10.7. The SMILES string of the molecule is O=C(Nc1cccc(Br)c1)Nc1ccc(C(=O)O)cc1Cl. The fourth-order valence-electron chi connectivity index (χ4n) is 1.60. The summed E-state index contributed by atoms with van der Waals surface area (Å²) in [5.41, 5.74) is 0.993. The van der Waals surface area contributed by atoms with Gasteiger partial charge in [0.1, 0.15) is 0 Å². The number of benzene rings is 2. The zero-order valence-corrected chi connectivity index (χ0v) is 12.9. The minimum atomic E-state index is -1.08. The Morgan fingerprint density at radius 1 is 1.10 bits per heavy atom. The van der Waals surface area contributed by atoms with E-state index < -0.39 is 12.0 Å². The van der Waals surface area contributed by atoms with E-state index in [1.165, 1.54) is 18.2 Å². The van der Waals surface area contributed by atoms with Crippen LogP contribution in [0.3, 0.4) is 0 Å². The van der Waals surface area contributed by atoms with Gasteiger partial charge < -0.3 is 15.7 Å². The van der Waals surface area contributed by atoms with E-state index in [0.29, 0.717) is 11.4 Å². The van der Waals surface area contributed by atoms with E-state index in [0.717, 1.165) is 4.47 Å². The first-order valence-electron chi connectivity index (χ1n) is 5.82. The van der Waals surface area contributed by atoms with Gasteiger partial charge in [-0.2, -0.15) is 0 Å². The summed E-state index contributed by atoms with van der Waals surface area (Å²) in [7, 11) is 0. The van der Waals surface area contributed by atoms with Crippen LogP contribution in [0.15, 0.2) is 46.9 Å². The van der Waals surface area contributed by atoms with E-state index >= 15 is 0 Å². The highest BCUT2D eigenvalue weighted by molar-refractivity contribution is 9.10. The first-order chi connectivity index (χ1) is 9.95. The highest BCUT2D eigenvalue weighted by Gasteiger charge is 2.09. The van der Waals surface area contributed by atoms with Gasteiger partial charge in [-0.15, -0.1) is 0 Å². The van der Waals surface area contributed by atoms with Crippen molar-refractivity contribution in [3.63, 3.8) is 0 Å². The Bertz CT molecular complexity index is 706. The average molecular weight is 370 g/mol. The van der Waals surface area contributed by atoms with Gasteiger partial charge in [-0.05, 0) is 36.4 Å². The minimum Gasteiger partial charge on any atom is -0.478 e. The van der Waals surface area contributed by atoms with E-state index in [-0.39, 0.29) is 10.6 Å². The molecule has 0 saturated heterocycles. The molecule has 0 saturated carbocycles. The van der Waals surface area contributed by atoms with Crippen molar-refractivity contribution in [2.45, 2.75) is 0 Å².